The molecule has 0 aliphatic heterocycles. The van der Waals surface area contributed by atoms with E-state index in [0.29, 0.717) is 5.54 Å². The molecule has 1 fully saturated rings. The van der Waals surface area contributed by atoms with Gasteiger partial charge < -0.3 is 11.1 Å². The molecule has 0 saturated heterocycles. The van der Waals surface area contributed by atoms with Gasteiger partial charge in [0.2, 0.25) is 0 Å². The highest BCUT2D eigenvalue weighted by atomic mass is 15.0. The summed E-state index contributed by atoms with van der Waals surface area (Å²) in [7, 11) is 0. The number of nitrogen functional groups attached to an aromatic ring is 1. The van der Waals surface area contributed by atoms with Gasteiger partial charge in [-0.1, -0.05) is 12.1 Å². The Morgan fingerprint density at radius 2 is 2.23 bits per heavy atom. The minimum atomic E-state index is 0.407. The van der Waals surface area contributed by atoms with E-state index < -0.39 is 0 Å². The van der Waals surface area contributed by atoms with Gasteiger partial charge in [0.05, 0.1) is 0 Å². The Kier molecular flexibility index (Phi) is 2.00. The third-order valence-electron chi connectivity index (χ3n) is 2.67. The fourth-order valence-electron chi connectivity index (χ4n) is 1.38. The molecule has 0 amide bonds. The van der Waals surface area contributed by atoms with E-state index in [-0.39, 0.29) is 0 Å². The maximum atomic E-state index is 5.69. The van der Waals surface area contributed by atoms with E-state index in [1.807, 2.05) is 18.2 Å². The van der Waals surface area contributed by atoms with E-state index in [1.165, 1.54) is 18.4 Å². The first-order chi connectivity index (χ1) is 6.18. The van der Waals surface area contributed by atoms with Crippen LogP contribution in [0.5, 0.6) is 0 Å². The highest BCUT2D eigenvalue weighted by molar-refractivity contribution is 5.40. The second kappa shape index (κ2) is 3.04. The minimum absolute atomic E-state index is 0.407. The average Bonchev–Trinajstić information content (AvgIpc) is 2.82. The van der Waals surface area contributed by atoms with Gasteiger partial charge in [-0.25, -0.2) is 0 Å². The lowest BCUT2D eigenvalue weighted by Crippen LogP contribution is -2.26. The summed E-state index contributed by atoms with van der Waals surface area (Å²) in [6.07, 6.45) is 2.60. The van der Waals surface area contributed by atoms with Gasteiger partial charge in [0.1, 0.15) is 0 Å². The maximum absolute atomic E-state index is 5.69. The predicted molar refractivity (Wildman–Crippen MR) is 55.3 cm³/mol. The van der Waals surface area contributed by atoms with Gasteiger partial charge in [0.25, 0.3) is 0 Å². The predicted octanol–water partition coefficient (Wildman–Crippen LogP) is 1.91. The van der Waals surface area contributed by atoms with Crippen molar-refractivity contribution >= 4 is 5.69 Å². The third kappa shape index (κ3) is 2.22. The second-order valence-corrected chi connectivity index (χ2v) is 4.16. The first-order valence-corrected chi connectivity index (χ1v) is 4.77. The summed E-state index contributed by atoms with van der Waals surface area (Å²) >= 11 is 0. The Hall–Kier alpha value is -1.02. The topological polar surface area (TPSA) is 38.0 Å². The van der Waals surface area contributed by atoms with E-state index in [0.717, 1.165) is 12.2 Å². The van der Waals surface area contributed by atoms with Crippen molar-refractivity contribution in [3.8, 4) is 0 Å². The van der Waals surface area contributed by atoms with E-state index in [9.17, 15) is 0 Å². The Morgan fingerprint density at radius 1 is 1.46 bits per heavy atom. The molecular weight excluding hydrogens is 160 g/mol. The number of anilines is 1. The van der Waals surface area contributed by atoms with Crippen LogP contribution < -0.4 is 11.1 Å². The molecular formula is C11H16N2. The summed E-state index contributed by atoms with van der Waals surface area (Å²) < 4.78 is 0. The minimum Gasteiger partial charge on any atom is -0.399 e. The van der Waals surface area contributed by atoms with Crippen LogP contribution in [0.1, 0.15) is 25.3 Å². The summed E-state index contributed by atoms with van der Waals surface area (Å²) in [5.41, 5.74) is 8.21. The zero-order chi connectivity index (χ0) is 9.31. The largest absolute Gasteiger partial charge is 0.399 e. The number of rotatable bonds is 3. The smallest absolute Gasteiger partial charge is 0.0317 e. The molecule has 0 unspecified atom stereocenters. The van der Waals surface area contributed by atoms with Crippen molar-refractivity contribution < 1.29 is 0 Å². The highest BCUT2D eigenvalue weighted by Gasteiger charge is 2.36. The summed E-state index contributed by atoms with van der Waals surface area (Å²) in [6, 6.07) is 8.05. The summed E-state index contributed by atoms with van der Waals surface area (Å²) in [6.45, 7) is 3.20. The van der Waals surface area contributed by atoms with E-state index >= 15 is 0 Å². The molecule has 1 aromatic rings. The average molecular weight is 176 g/mol. The van der Waals surface area contributed by atoms with Crippen molar-refractivity contribution in [1.29, 1.82) is 0 Å². The Labute approximate surface area is 79.1 Å². The molecule has 2 heteroatoms. The second-order valence-electron chi connectivity index (χ2n) is 4.16. The van der Waals surface area contributed by atoms with Crippen molar-refractivity contribution in [3.63, 3.8) is 0 Å². The highest BCUT2D eigenvalue weighted by Crippen LogP contribution is 2.34. The molecule has 0 heterocycles. The van der Waals surface area contributed by atoms with Gasteiger partial charge in [0, 0.05) is 17.8 Å². The Morgan fingerprint density at radius 3 is 2.85 bits per heavy atom. The summed E-state index contributed by atoms with van der Waals surface area (Å²) in [5, 5.41) is 3.52. The first kappa shape index (κ1) is 8.57. The molecule has 1 aliphatic carbocycles. The van der Waals surface area contributed by atoms with Crippen molar-refractivity contribution in [2.24, 2.45) is 0 Å². The maximum Gasteiger partial charge on any atom is 0.0317 e. The van der Waals surface area contributed by atoms with Crippen LogP contribution in [-0.2, 0) is 6.54 Å². The zero-order valence-corrected chi connectivity index (χ0v) is 8.01. The Balaban J connectivity index is 1.94. The number of nitrogens with one attached hydrogen (secondary N) is 1. The van der Waals surface area contributed by atoms with Gasteiger partial charge in [-0.3, -0.25) is 0 Å². The van der Waals surface area contributed by atoms with Gasteiger partial charge in [-0.05, 0) is 37.5 Å². The summed E-state index contributed by atoms with van der Waals surface area (Å²) in [4.78, 5) is 0. The number of hydrogen-bond acceptors (Lipinski definition) is 2. The molecule has 2 rings (SSSR count). The molecule has 0 atom stereocenters. The molecule has 1 saturated carbocycles. The van der Waals surface area contributed by atoms with Crippen molar-refractivity contribution in [3.05, 3.63) is 29.8 Å². The lowest BCUT2D eigenvalue weighted by molar-refractivity contribution is 0.538. The lowest BCUT2D eigenvalue weighted by atomic mass is 10.2. The third-order valence-corrected chi connectivity index (χ3v) is 2.67. The molecule has 70 valence electrons. The zero-order valence-electron chi connectivity index (χ0n) is 8.01. The van der Waals surface area contributed by atoms with Crippen LogP contribution in [0.15, 0.2) is 24.3 Å². The van der Waals surface area contributed by atoms with Crippen molar-refractivity contribution in [1.82, 2.24) is 5.32 Å². The first-order valence-electron chi connectivity index (χ1n) is 4.77. The van der Waals surface area contributed by atoms with Crippen LogP contribution in [0.25, 0.3) is 0 Å². The molecule has 1 aliphatic rings. The standard InChI is InChI=1S/C11H16N2/c1-11(5-6-11)13-8-9-3-2-4-10(12)7-9/h2-4,7,13H,5-6,8,12H2,1H3. The van der Waals surface area contributed by atoms with E-state index in [4.69, 9.17) is 5.73 Å². The van der Waals surface area contributed by atoms with E-state index in [2.05, 4.69) is 18.3 Å². The van der Waals surface area contributed by atoms with Crippen LogP contribution >= 0.6 is 0 Å². The van der Waals surface area contributed by atoms with Crippen molar-refractivity contribution in [2.45, 2.75) is 31.8 Å². The number of hydrogen-bond donors (Lipinski definition) is 2. The monoisotopic (exact) mass is 176 g/mol. The molecule has 1 aromatic carbocycles. The molecule has 0 aromatic heterocycles. The van der Waals surface area contributed by atoms with E-state index in [1.54, 1.807) is 0 Å². The van der Waals surface area contributed by atoms with Crippen LogP contribution in [0.4, 0.5) is 5.69 Å². The molecule has 0 spiro atoms. The van der Waals surface area contributed by atoms with Crippen LogP contribution in [0.2, 0.25) is 0 Å². The van der Waals surface area contributed by atoms with Gasteiger partial charge in [-0.2, -0.15) is 0 Å². The van der Waals surface area contributed by atoms with Gasteiger partial charge in [-0.15, -0.1) is 0 Å². The quantitative estimate of drug-likeness (QED) is 0.690. The van der Waals surface area contributed by atoms with Crippen LogP contribution in [0.3, 0.4) is 0 Å². The lowest BCUT2D eigenvalue weighted by Gasteiger charge is -2.11. The normalized spacial score (nSPS) is 18.5. The fraction of sp³-hybridized carbons (Fsp3) is 0.455. The molecule has 0 radical (unpaired) electrons. The van der Waals surface area contributed by atoms with Gasteiger partial charge >= 0.3 is 0 Å². The molecule has 0 bridgehead atoms. The molecule has 2 nitrogen and oxygen atoms in total. The van der Waals surface area contributed by atoms with Gasteiger partial charge in [0.15, 0.2) is 0 Å². The summed E-state index contributed by atoms with van der Waals surface area (Å²) in [5.74, 6) is 0. The fourth-order valence-corrected chi connectivity index (χ4v) is 1.38. The SMILES string of the molecule is CC1(NCc2cccc(N)c2)CC1. The van der Waals surface area contributed by atoms with Crippen LogP contribution in [0, 0.1) is 0 Å². The molecule has 3 N–H and O–H groups in total. The van der Waals surface area contributed by atoms with Crippen molar-refractivity contribution in [2.75, 3.05) is 5.73 Å². The number of benzene rings is 1. The van der Waals surface area contributed by atoms with Crippen LogP contribution in [-0.4, -0.2) is 5.54 Å². The number of nitrogens with two attached hydrogens (primary N) is 1. The Bertz CT molecular complexity index is 303. The molecule has 13 heavy (non-hydrogen) atoms.